The highest BCUT2D eigenvalue weighted by molar-refractivity contribution is 5.92. The van der Waals surface area contributed by atoms with Crippen molar-refractivity contribution in [1.29, 1.82) is 0 Å². The van der Waals surface area contributed by atoms with Gasteiger partial charge >= 0.3 is 0 Å². The third-order valence-electron chi connectivity index (χ3n) is 5.08. The van der Waals surface area contributed by atoms with E-state index in [-0.39, 0.29) is 5.91 Å². The minimum atomic E-state index is 0.114. The van der Waals surface area contributed by atoms with Gasteiger partial charge in [0.25, 0.3) is 0 Å². The molecule has 0 aliphatic carbocycles. The normalized spacial score (nSPS) is 21.1. The Bertz CT molecular complexity index is 488. The van der Waals surface area contributed by atoms with Crippen LogP contribution in [0, 0.1) is 5.41 Å². The molecule has 2 aliphatic rings. The molecule has 2 rings (SSSR count). The first-order chi connectivity index (χ1) is 10.5. The van der Waals surface area contributed by atoms with Gasteiger partial charge < -0.3 is 9.80 Å². The van der Waals surface area contributed by atoms with Gasteiger partial charge in [0.05, 0.1) is 0 Å². The predicted molar refractivity (Wildman–Crippen MR) is 91.7 cm³/mol. The Morgan fingerprint density at radius 3 is 2.00 bits per heavy atom. The smallest absolute Gasteiger partial charge is 0.248 e. The van der Waals surface area contributed by atoms with Crippen molar-refractivity contribution in [3.05, 3.63) is 36.7 Å². The van der Waals surface area contributed by atoms with E-state index >= 15 is 0 Å². The summed E-state index contributed by atoms with van der Waals surface area (Å²) in [7, 11) is 0. The van der Waals surface area contributed by atoms with Crippen LogP contribution in [0.5, 0.6) is 0 Å². The monoisotopic (exact) mass is 301 g/mol. The average Bonchev–Trinajstić information content (AvgIpc) is 2.53. The van der Waals surface area contributed by atoms with E-state index in [2.05, 4.69) is 29.8 Å². The summed E-state index contributed by atoms with van der Waals surface area (Å²) in [6.07, 6.45) is 8.17. The molecule has 1 spiro atoms. The third-order valence-corrected chi connectivity index (χ3v) is 5.08. The molecule has 0 bridgehead atoms. The molecular formula is C18H27N3O. The van der Waals surface area contributed by atoms with Crippen LogP contribution in [-0.4, -0.2) is 48.6 Å². The summed E-state index contributed by atoms with van der Waals surface area (Å²) in [5.41, 5.74) is 2.06. The summed E-state index contributed by atoms with van der Waals surface area (Å²) in [6.45, 7) is 16.9. The summed E-state index contributed by atoms with van der Waals surface area (Å²) in [6, 6.07) is 0. The van der Waals surface area contributed by atoms with Gasteiger partial charge in [-0.3, -0.25) is 9.79 Å². The molecule has 2 heterocycles. The Labute approximate surface area is 133 Å². The number of amides is 1. The number of carbonyl (C=O) groups excluding carboxylic acids is 1. The van der Waals surface area contributed by atoms with Crippen molar-refractivity contribution in [3.63, 3.8) is 0 Å². The van der Waals surface area contributed by atoms with Crippen molar-refractivity contribution in [2.45, 2.75) is 32.6 Å². The number of piperidine rings is 2. The molecule has 0 saturated carbocycles. The van der Waals surface area contributed by atoms with Crippen LogP contribution in [0.4, 0.5) is 0 Å². The van der Waals surface area contributed by atoms with E-state index in [0.717, 1.165) is 44.7 Å². The van der Waals surface area contributed by atoms with E-state index in [1.165, 1.54) is 12.8 Å². The van der Waals surface area contributed by atoms with E-state index in [1.54, 1.807) is 13.1 Å². The van der Waals surface area contributed by atoms with Crippen LogP contribution >= 0.6 is 0 Å². The van der Waals surface area contributed by atoms with Crippen molar-refractivity contribution in [1.82, 2.24) is 9.80 Å². The molecule has 0 atom stereocenters. The van der Waals surface area contributed by atoms with E-state index in [1.807, 2.05) is 11.0 Å². The molecule has 2 fully saturated rings. The summed E-state index contributed by atoms with van der Waals surface area (Å²) >= 11 is 0. The summed E-state index contributed by atoms with van der Waals surface area (Å²) in [5.74, 6) is 0.114. The van der Waals surface area contributed by atoms with Crippen LogP contribution in [0.25, 0.3) is 0 Å². The van der Waals surface area contributed by atoms with Gasteiger partial charge in [0.1, 0.15) is 0 Å². The van der Waals surface area contributed by atoms with Crippen LogP contribution in [0.3, 0.4) is 0 Å². The number of likely N-dealkylation sites (tertiary alicyclic amines) is 2. The van der Waals surface area contributed by atoms with Crippen molar-refractivity contribution in [2.75, 3.05) is 26.2 Å². The zero-order valence-corrected chi connectivity index (χ0v) is 13.7. The van der Waals surface area contributed by atoms with Crippen molar-refractivity contribution in [3.8, 4) is 0 Å². The lowest BCUT2D eigenvalue weighted by Crippen LogP contribution is -2.48. The quantitative estimate of drug-likeness (QED) is 0.454. The lowest BCUT2D eigenvalue weighted by molar-refractivity contribution is -0.129. The van der Waals surface area contributed by atoms with Gasteiger partial charge in [-0.15, -0.1) is 0 Å². The van der Waals surface area contributed by atoms with Gasteiger partial charge in [-0.2, -0.15) is 0 Å². The number of nitrogens with zero attached hydrogens (tertiary/aromatic N) is 3. The van der Waals surface area contributed by atoms with Crippen LogP contribution < -0.4 is 0 Å². The fraction of sp³-hybridized carbons (Fsp3) is 0.556. The first-order valence-electron chi connectivity index (χ1n) is 7.98. The van der Waals surface area contributed by atoms with Crippen LogP contribution in [0.2, 0.25) is 0 Å². The standard InChI is InChI=1S/C18H27N3O/c1-15(2)17(22)21-13-8-18(9-14-21)6-11-20(12-7-18)16(3)5-10-19-4/h5,10H,1,3-4,6-9,11-14H2,2H3/b10-5-. The second-order valence-electron chi connectivity index (χ2n) is 6.55. The van der Waals surface area contributed by atoms with Gasteiger partial charge in [-0.05, 0) is 50.8 Å². The van der Waals surface area contributed by atoms with E-state index < -0.39 is 0 Å². The molecule has 120 valence electrons. The van der Waals surface area contributed by atoms with Crippen molar-refractivity contribution < 1.29 is 4.79 Å². The highest BCUT2D eigenvalue weighted by Gasteiger charge is 2.38. The van der Waals surface area contributed by atoms with Gasteiger partial charge in [-0.25, -0.2) is 0 Å². The maximum atomic E-state index is 12.0. The molecule has 2 aliphatic heterocycles. The molecular weight excluding hydrogens is 274 g/mol. The molecule has 4 heteroatoms. The molecule has 1 amide bonds. The molecule has 0 radical (unpaired) electrons. The summed E-state index contributed by atoms with van der Waals surface area (Å²) in [4.78, 5) is 20.0. The Morgan fingerprint density at radius 1 is 1.05 bits per heavy atom. The largest absolute Gasteiger partial charge is 0.372 e. The fourth-order valence-corrected chi connectivity index (χ4v) is 3.47. The van der Waals surface area contributed by atoms with Gasteiger partial charge in [-0.1, -0.05) is 13.2 Å². The number of hydrogen-bond donors (Lipinski definition) is 0. The van der Waals surface area contributed by atoms with Gasteiger partial charge in [0, 0.05) is 43.6 Å². The molecule has 0 aromatic heterocycles. The molecule has 2 saturated heterocycles. The first-order valence-corrected chi connectivity index (χ1v) is 7.98. The van der Waals surface area contributed by atoms with E-state index in [4.69, 9.17) is 0 Å². The average molecular weight is 301 g/mol. The maximum absolute atomic E-state index is 12.0. The fourth-order valence-electron chi connectivity index (χ4n) is 3.47. The Morgan fingerprint density at radius 2 is 1.55 bits per heavy atom. The minimum Gasteiger partial charge on any atom is -0.372 e. The minimum absolute atomic E-state index is 0.114. The lowest BCUT2D eigenvalue weighted by Gasteiger charge is -2.47. The number of aliphatic imine (C=N–C) groups is 1. The number of hydrogen-bond acceptors (Lipinski definition) is 3. The Balaban J connectivity index is 1.86. The van der Waals surface area contributed by atoms with E-state index in [9.17, 15) is 4.79 Å². The topological polar surface area (TPSA) is 35.9 Å². The highest BCUT2D eigenvalue weighted by Crippen LogP contribution is 2.42. The Kier molecular flexibility index (Phi) is 5.22. The van der Waals surface area contributed by atoms with Crippen molar-refractivity contribution >= 4 is 12.6 Å². The maximum Gasteiger partial charge on any atom is 0.248 e. The zero-order valence-electron chi connectivity index (χ0n) is 13.7. The Hall–Kier alpha value is -1.84. The summed E-state index contributed by atoms with van der Waals surface area (Å²) < 4.78 is 0. The number of carbonyl (C=O) groups is 1. The van der Waals surface area contributed by atoms with Crippen LogP contribution in [0.1, 0.15) is 32.6 Å². The van der Waals surface area contributed by atoms with Crippen molar-refractivity contribution in [2.24, 2.45) is 10.4 Å². The molecule has 0 N–H and O–H groups in total. The lowest BCUT2D eigenvalue weighted by atomic mass is 9.71. The second-order valence-corrected chi connectivity index (χ2v) is 6.55. The molecule has 4 nitrogen and oxygen atoms in total. The van der Waals surface area contributed by atoms with Crippen LogP contribution in [0.15, 0.2) is 41.7 Å². The highest BCUT2D eigenvalue weighted by atomic mass is 16.2. The van der Waals surface area contributed by atoms with E-state index in [0.29, 0.717) is 11.0 Å². The third kappa shape index (κ3) is 3.67. The SMILES string of the molecule is C=N/C=C\C(=C)N1CCC2(CC1)CCN(C(=O)C(=C)C)CC2. The molecule has 0 aromatic rings. The first kappa shape index (κ1) is 16.5. The van der Waals surface area contributed by atoms with Gasteiger partial charge in [0.2, 0.25) is 5.91 Å². The number of rotatable bonds is 4. The zero-order chi connectivity index (χ0) is 16.2. The molecule has 0 unspecified atom stereocenters. The molecule has 0 aromatic carbocycles. The number of allylic oxidation sites excluding steroid dienone is 1. The molecule has 22 heavy (non-hydrogen) atoms. The van der Waals surface area contributed by atoms with Crippen LogP contribution in [-0.2, 0) is 4.79 Å². The predicted octanol–water partition coefficient (Wildman–Crippen LogP) is 3.00. The summed E-state index contributed by atoms with van der Waals surface area (Å²) in [5, 5.41) is 0. The van der Waals surface area contributed by atoms with Gasteiger partial charge in [0.15, 0.2) is 0 Å². The second kappa shape index (κ2) is 6.95.